The summed E-state index contributed by atoms with van der Waals surface area (Å²) in [4.78, 5) is 16.7. The molecule has 3 nitrogen and oxygen atoms in total. The Morgan fingerprint density at radius 1 is 1.38 bits per heavy atom. The first kappa shape index (κ1) is 19.3. The average molecular weight is 385 g/mol. The summed E-state index contributed by atoms with van der Waals surface area (Å²) < 4.78 is 0. The number of thiophene rings is 1. The summed E-state index contributed by atoms with van der Waals surface area (Å²) >= 11 is 7.65. The van der Waals surface area contributed by atoms with Crippen molar-refractivity contribution in [2.75, 3.05) is 20.1 Å². The van der Waals surface area contributed by atoms with E-state index in [9.17, 15) is 4.79 Å². The molecule has 2 heterocycles. The van der Waals surface area contributed by atoms with Gasteiger partial charge in [0.05, 0.1) is 4.88 Å². The Hall–Kier alpha value is -1.07. The van der Waals surface area contributed by atoms with Gasteiger partial charge in [-0.2, -0.15) is 0 Å². The van der Waals surface area contributed by atoms with Crippen LogP contribution in [0.1, 0.15) is 28.1 Å². The van der Waals surface area contributed by atoms with E-state index in [2.05, 4.69) is 12.2 Å². The number of halogens is 2. The number of carbonyl (C=O) groups is 1. The molecule has 1 aliphatic heterocycles. The van der Waals surface area contributed by atoms with Gasteiger partial charge in [0.25, 0.3) is 5.91 Å². The predicted octanol–water partition coefficient (Wildman–Crippen LogP) is 4.62. The van der Waals surface area contributed by atoms with E-state index in [-0.39, 0.29) is 18.3 Å². The molecule has 130 valence electrons. The minimum absolute atomic E-state index is 0. The molecule has 1 saturated heterocycles. The van der Waals surface area contributed by atoms with E-state index in [0.717, 1.165) is 51.8 Å². The van der Waals surface area contributed by atoms with Gasteiger partial charge in [-0.15, -0.1) is 23.7 Å². The normalized spacial score (nSPS) is 17.5. The van der Waals surface area contributed by atoms with Crippen LogP contribution in [0.25, 0.3) is 10.4 Å². The molecule has 3 rings (SSSR count). The largest absolute Gasteiger partial charge is 0.336 e. The second-order valence-electron chi connectivity index (χ2n) is 6.01. The molecule has 0 saturated carbocycles. The maximum Gasteiger partial charge on any atom is 0.264 e. The van der Waals surface area contributed by atoms with Crippen LogP contribution in [0.4, 0.5) is 0 Å². The Balaban J connectivity index is 0.00000208. The van der Waals surface area contributed by atoms with Crippen LogP contribution in [0.5, 0.6) is 0 Å². The Labute approximate surface area is 158 Å². The Kier molecular flexibility index (Phi) is 6.70. The maximum absolute atomic E-state index is 12.8. The molecule has 0 bridgehead atoms. The van der Waals surface area contributed by atoms with Gasteiger partial charge in [0.2, 0.25) is 0 Å². The number of piperidine rings is 1. The van der Waals surface area contributed by atoms with Crippen LogP contribution in [0, 0.1) is 6.92 Å². The Morgan fingerprint density at radius 3 is 2.88 bits per heavy atom. The number of nitrogens with one attached hydrogen (secondary N) is 1. The molecule has 2 aromatic rings. The van der Waals surface area contributed by atoms with E-state index in [4.69, 9.17) is 11.6 Å². The molecule has 1 aliphatic rings. The third-order valence-corrected chi connectivity index (χ3v) is 5.84. The fraction of sp³-hybridized carbons (Fsp3) is 0.389. The van der Waals surface area contributed by atoms with Crippen LogP contribution in [0.2, 0.25) is 5.02 Å². The Bertz CT molecular complexity index is 717. The van der Waals surface area contributed by atoms with E-state index in [1.807, 2.05) is 42.3 Å². The number of likely N-dealkylation sites (tertiary alicyclic amines) is 1. The lowest BCUT2D eigenvalue weighted by Gasteiger charge is -2.32. The molecular weight excluding hydrogens is 363 g/mol. The second kappa shape index (κ2) is 8.34. The first-order valence-electron chi connectivity index (χ1n) is 7.91. The van der Waals surface area contributed by atoms with Crippen molar-refractivity contribution in [3.63, 3.8) is 0 Å². The van der Waals surface area contributed by atoms with Gasteiger partial charge in [0.15, 0.2) is 0 Å². The summed E-state index contributed by atoms with van der Waals surface area (Å²) in [6.07, 6.45) is 2.19. The van der Waals surface area contributed by atoms with Gasteiger partial charge in [-0.1, -0.05) is 23.7 Å². The number of hydrogen-bond acceptors (Lipinski definition) is 3. The highest BCUT2D eigenvalue weighted by molar-refractivity contribution is 7.17. The highest BCUT2D eigenvalue weighted by Gasteiger charge is 2.25. The first-order chi connectivity index (χ1) is 11.1. The molecule has 24 heavy (non-hydrogen) atoms. The first-order valence-corrected chi connectivity index (χ1v) is 9.11. The van der Waals surface area contributed by atoms with Crippen molar-refractivity contribution in [2.45, 2.75) is 25.8 Å². The fourth-order valence-corrected chi connectivity index (χ4v) is 4.38. The van der Waals surface area contributed by atoms with E-state index in [1.54, 1.807) is 11.3 Å². The molecular formula is C18H22Cl2N2OS. The van der Waals surface area contributed by atoms with Crippen molar-refractivity contribution in [3.8, 4) is 10.4 Å². The molecule has 0 aliphatic carbocycles. The second-order valence-corrected chi connectivity index (χ2v) is 7.50. The van der Waals surface area contributed by atoms with Gasteiger partial charge >= 0.3 is 0 Å². The van der Waals surface area contributed by atoms with Crippen molar-refractivity contribution >= 4 is 41.3 Å². The zero-order chi connectivity index (χ0) is 16.4. The molecule has 1 aromatic heterocycles. The van der Waals surface area contributed by atoms with Crippen molar-refractivity contribution in [1.29, 1.82) is 0 Å². The van der Waals surface area contributed by atoms with Crippen molar-refractivity contribution in [2.24, 2.45) is 0 Å². The van der Waals surface area contributed by atoms with Crippen LogP contribution >= 0.6 is 35.3 Å². The molecule has 0 radical (unpaired) electrons. The van der Waals surface area contributed by atoms with Gasteiger partial charge in [0, 0.05) is 29.0 Å². The lowest BCUT2D eigenvalue weighted by atomic mass is 10.1. The van der Waals surface area contributed by atoms with E-state index < -0.39 is 0 Å². The maximum atomic E-state index is 12.8. The summed E-state index contributed by atoms with van der Waals surface area (Å²) in [5.41, 5.74) is 2.20. The van der Waals surface area contributed by atoms with Crippen LogP contribution in [-0.4, -0.2) is 37.0 Å². The monoisotopic (exact) mass is 384 g/mol. The molecule has 1 unspecified atom stereocenters. The number of hydrogen-bond donors (Lipinski definition) is 1. The molecule has 1 amide bonds. The van der Waals surface area contributed by atoms with Crippen molar-refractivity contribution in [3.05, 3.63) is 45.8 Å². The Morgan fingerprint density at radius 2 is 2.17 bits per heavy atom. The van der Waals surface area contributed by atoms with Gasteiger partial charge in [0.1, 0.15) is 0 Å². The molecule has 1 atom stereocenters. The molecule has 0 spiro atoms. The minimum atomic E-state index is 0. The minimum Gasteiger partial charge on any atom is -0.336 e. The SMILES string of the molecule is CNC1CCCN(C(=O)c2cc(C)c(-c3cccc(Cl)c3)s2)C1.Cl. The molecule has 1 aromatic carbocycles. The third-order valence-electron chi connectivity index (χ3n) is 4.33. The zero-order valence-corrected chi connectivity index (χ0v) is 16.2. The summed E-state index contributed by atoms with van der Waals surface area (Å²) in [5, 5.41) is 4.00. The van der Waals surface area contributed by atoms with Crippen LogP contribution < -0.4 is 5.32 Å². The van der Waals surface area contributed by atoms with Crippen molar-refractivity contribution < 1.29 is 4.79 Å². The van der Waals surface area contributed by atoms with E-state index in [0.29, 0.717) is 6.04 Å². The summed E-state index contributed by atoms with van der Waals surface area (Å²) in [5.74, 6) is 0.145. The van der Waals surface area contributed by atoms with Crippen molar-refractivity contribution in [1.82, 2.24) is 10.2 Å². The zero-order valence-electron chi connectivity index (χ0n) is 13.8. The molecule has 1 N–H and O–H groups in total. The number of benzene rings is 1. The number of carbonyl (C=O) groups excluding carboxylic acids is 1. The highest BCUT2D eigenvalue weighted by Crippen LogP contribution is 2.34. The topological polar surface area (TPSA) is 32.3 Å². The number of likely N-dealkylation sites (N-methyl/N-ethyl adjacent to an activating group) is 1. The summed E-state index contributed by atoms with van der Waals surface area (Å²) in [6, 6.07) is 10.2. The lowest BCUT2D eigenvalue weighted by molar-refractivity contribution is 0.0703. The predicted molar refractivity (Wildman–Crippen MR) is 105 cm³/mol. The molecule has 6 heteroatoms. The van der Waals surface area contributed by atoms with E-state index >= 15 is 0 Å². The van der Waals surface area contributed by atoms with Gasteiger partial charge in [-0.25, -0.2) is 0 Å². The number of aryl methyl sites for hydroxylation is 1. The van der Waals surface area contributed by atoms with Crippen LogP contribution in [0.3, 0.4) is 0 Å². The quantitative estimate of drug-likeness (QED) is 0.836. The average Bonchev–Trinajstić information content (AvgIpc) is 2.96. The van der Waals surface area contributed by atoms with Crippen LogP contribution in [-0.2, 0) is 0 Å². The third kappa shape index (κ3) is 4.12. The highest BCUT2D eigenvalue weighted by atomic mass is 35.5. The smallest absolute Gasteiger partial charge is 0.264 e. The van der Waals surface area contributed by atoms with Gasteiger partial charge < -0.3 is 10.2 Å². The van der Waals surface area contributed by atoms with Gasteiger partial charge in [-0.05, 0) is 56.1 Å². The standard InChI is InChI=1S/C18H21ClN2OS.ClH/c1-12-9-16(18(22)21-8-4-7-15(11-21)20-2)23-17(12)13-5-3-6-14(19)10-13;/h3,5-6,9-10,15,20H,4,7-8,11H2,1-2H3;1H. The fourth-order valence-electron chi connectivity index (χ4n) is 3.06. The van der Waals surface area contributed by atoms with Crippen LogP contribution in [0.15, 0.2) is 30.3 Å². The summed E-state index contributed by atoms with van der Waals surface area (Å²) in [7, 11) is 1.96. The number of amides is 1. The number of nitrogens with zero attached hydrogens (tertiary/aromatic N) is 1. The van der Waals surface area contributed by atoms with Gasteiger partial charge in [-0.3, -0.25) is 4.79 Å². The summed E-state index contributed by atoms with van der Waals surface area (Å²) in [6.45, 7) is 3.69. The lowest BCUT2D eigenvalue weighted by Crippen LogP contribution is -2.46. The number of rotatable bonds is 3. The molecule has 1 fully saturated rings. The van der Waals surface area contributed by atoms with E-state index in [1.165, 1.54) is 0 Å².